The van der Waals surface area contributed by atoms with E-state index in [-0.39, 0.29) is 5.78 Å². The molecule has 1 heterocycles. The molecule has 0 amide bonds. The number of rotatable bonds is 2. The predicted octanol–water partition coefficient (Wildman–Crippen LogP) is 2.66. The molecule has 1 aromatic carbocycles. The van der Waals surface area contributed by atoms with Crippen LogP contribution in [0.3, 0.4) is 0 Å². The highest BCUT2D eigenvalue weighted by Gasteiger charge is 2.29. The second kappa shape index (κ2) is 5.20. The SMILES string of the molecule is CN(C)C=C1CCc2nn(C)c(-c3ccccc3)c2C1=O. The van der Waals surface area contributed by atoms with Gasteiger partial charge in [0.1, 0.15) is 0 Å². The monoisotopic (exact) mass is 281 g/mol. The third kappa shape index (κ3) is 2.37. The molecule has 0 saturated carbocycles. The molecule has 0 N–H and O–H groups in total. The standard InChI is InChI=1S/C17H19N3O/c1-19(2)11-13-9-10-14-15(17(13)21)16(20(3)18-14)12-7-5-4-6-8-12/h4-8,11H,9-10H2,1-3H3. The molecular weight excluding hydrogens is 262 g/mol. The van der Waals surface area contributed by atoms with Crippen LogP contribution in [0.15, 0.2) is 42.1 Å². The first-order valence-corrected chi connectivity index (χ1v) is 7.11. The van der Waals surface area contributed by atoms with Crippen LogP contribution in [0.25, 0.3) is 11.3 Å². The summed E-state index contributed by atoms with van der Waals surface area (Å²) in [4.78, 5) is 14.7. The fourth-order valence-electron chi connectivity index (χ4n) is 2.88. The Bertz CT molecular complexity index is 711. The van der Waals surface area contributed by atoms with Crippen LogP contribution in [0, 0.1) is 0 Å². The minimum atomic E-state index is 0.108. The molecule has 0 radical (unpaired) electrons. The van der Waals surface area contributed by atoms with Crippen molar-refractivity contribution in [1.29, 1.82) is 0 Å². The molecule has 1 aliphatic rings. The lowest BCUT2D eigenvalue weighted by atomic mass is 9.89. The lowest BCUT2D eigenvalue weighted by Gasteiger charge is -2.16. The summed E-state index contributed by atoms with van der Waals surface area (Å²) in [5.41, 5.74) is 4.49. The van der Waals surface area contributed by atoms with Gasteiger partial charge in [0.2, 0.25) is 0 Å². The number of carbonyl (C=O) groups excluding carboxylic acids is 1. The normalized spacial score (nSPS) is 16.1. The van der Waals surface area contributed by atoms with Crippen molar-refractivity contribution < 1.29 is 4.79 Å². The first-order valence-electron chi connectivity index (χ1n) is 7.11. The van der Waals surface area contributed by atoms with E-state index in [1.807, 2.05) is 67.3 Å². The van der Waals surface area contributed by atoms with Gasteiger partial charge in [-0.15, -0.1) is 0 Å². The quantitative estimate of drug-likeness (QED) is 0.794. The van der Waals surface area contributed by atoms with Gasteiger partial charge in [-0.25, -0.2) is 0 Å². The zero-order chi connectivity index (χ0) is 15.0. The fraction of sp³-hybridized carbons (Fsp3) is 0.294. The van der Waals surface area contributed by atoms with Gasteiger partial charge in [-0.05, 0) is 12.8 Å². The molecule has 4 nitrogen and oxygen atoms in total. The molecule has 4 heteroatoms. The summed E-state index contributed by atoms with van der Waals surface area (Å²) in [6.07, 6.45) is 3.50. The van der Waals surface area contributed by atoms with Crippen molar-refractivity contribution in [3.8, 4) is 11.3 Å². The first-order chi connectivity index (χ1) is 10.1. The molecule has 0 bridgehead atoms. The summed E-state index contributed by atoms with van der Waals surface area (Å²) < 4.78 is 1.83. The maximum Gasteiger partial charge on any atom is 0.194 e. The Morgan fingerprint density at radius 2 is 1.90 bits per heavy atom. The average Bonchev–Trinajstić information content (AvgIpc) is 2.79. The van der Waals surface area contributed by atoms with Crippen LogP contribution in [0.4, 0.5) is 0 Å². The maximum atomic E-state index is 12.8. The first kappa shape index (κ1) is 13.6. The van der Waals surface area contributed by atoms with E-state index in [4.69, 9.17) is 0 Å². The van der Waals surface area contributed by atoms with Crippen molar-refractivity contribution in [3.05, 3.63) is 53.4 Å². The van der Waals surface area contributed by atoms with E-state index in [1.54, 1.807) is 0 Å². The molecule has 0 spiro atoms. The molecule has 108 valence electrons. The zero-order valence-electron chi connectivity index (χ0n) is 12.6. The Labute approximate surface area is 124 Å². The fourth-order valence-corrected chi connectivity index (χ4v) is 2.88. The van der Waals surface area contributed by atoms with E-state index in [0.29, 0.717) is 0 Å². The van der Waals surface area contributed by atoms with E-state index >= 15 is 0 Å². The maximum absolute atomic E-state index is 12.8. The smallest absolute Gasteiger partial charge is 0.194 e. The Hall–Kier alpha value is -2.36. The number of hydrogen-bond acceptors (Lipinski definition) is 3. The van der Waals surface area contributed by atoms with Crippen LogP contribution in [-0.2, 0) is 13.5 Å². The number of nitrogens with zero attached hydrogens (tertiary/aromatic N) is 3. The van der Waals surface area contributed by atoms with E-state index < -0.39 is 0 Å². The van der Waals surface area contributed by atoms with Gasteiger partial charge in [-0.3, -0.25) is 9.48 Å². The number of ketones is 1. The minimum Gasteiger partial charge on any atom is -0.383 e. The highest BCUT2D eigenvalue weighted by molar-refractivity contribution is 6.13. The lowest BCUT2D eigenvalue weighted by molar-refractivity contribution is 0.102. The van der Waals surface area contributed by atoms with Gasteiger partial charge in [-0.2, -0.15) is 5.10 Å². The Balaban J connectivity index is 2.15. The van der Waals surface area contributed by atoms with E-state index in [9.17, 15) is 4.79 Å². The van der Waals surface area contributed by atoms with Gasteiger partial charge in [0.25, 0.3) is 0 Å². The van der Waals surface area contributed by atoms with E-state index in [2.05, 4.69) is 5.10 Å². The summed E-state index contributed by atoms with van der Waals surface area (Å²) in [6, 6.07) is 9.99. The Morgan fingerprint density at radius 3 is 2.57 bits per heavy atom. The number of Topliss-reactive ketones (excluding diaryl/α,β-unsaturated/α-hetero) is 1. The number of aromatic nitrogens is 2. The van der Waals surface area contributed by atoms with Crippen LogP contribution >= 0.6 is 0 Å². The van der Waals surface area contributed by atoms with Gasteiger partial charge in [0.15, 0.2) is 5.78 Å². The third-order valence-electron chi connectivity index (χ3n) is 3.73. The van der Waals surface area contributed by atoms with E-state index in [0.717, 1.165) is 40.9 Å². The molecule has 3 rings (SSSR count). The molecule has 0 aliphatic heterocycles. The lowest BCUT2D eigenvalue weighted by Crippen LogP contribution is -2.16. The number of benzene rings is 1. The highest BCUT2D eigenvalue weighted by atomic mass is 16.1. The van der Waals surface area contributed by atoms with Gasteiger partial charge in [0, 0.05) is 38.5 Å². The summed E-state index contributed by atoms with van der Waals surface area (Å²) in [5.74, 6) is 0.108. The number of aryl methyl sites for hydroxylation is 2. The summed E-state index contributed by atoms with van der Waals surface area (Å²) in [7, 11) is 5.79. The second-order valence-electron chi connectivity index (χ2n) is 5.61. The van der Waals surface area contributed by atoms with Gasteiger partial charge < -0.3 is 4.90 Å². The van der Waals surface area contributed by atoms with Gasteiger partial charge >= 0.3 is 0 Å². The molecule has 0 atom stereocenters. The average molecular weight is 281 g/mol. The number of carbonyl (C=O) groups is 1. The molecule has 0 unspecified atom stereocenters. The van der Waals surface area contributed by atoms with Crippen LogP contribution in [-0.4, -0.2) is 34.6 Å². The summed E-state index contributed by atoms with van der Waals surface area (Å²) in [6.45, 7) is 0. The van der Waals surface area contributed by atoms with Crippen molar-refractivity contribution in [2.45, 2.75) is 12.8 Å². The van der Waals surface area contributed by atoms with Crippen LogP contribution < -0.4 is 0 Å². The zero-order valence-corrected chi connectivity index (χ0v) is 12.6. The van der Waals surface area contributed by atoms with Gasteiger partial charge in [0.05, 0.1) is 17.0 Å². The molecule has 1 aromatic heterocycles. The van der Waals surface area contributed by atoms with Crippen LogP contribution in [0.1, 0.15) is 22.5 Å². The van der Waals surface area contributed by atoms with Crippen molar-refractivity contribution in [2.24, 2.45) is 7.05 Å². The third-order valence-corrected chi connectivity index (χ3v) is 3.73. The number of hydrogen-bond donors (Lipinski definition) is 0. The largest absolute Gasteiger partial charge is 0.383 e. The number of fused-ring (bicyclic) bond motifs is 1. The second-order valence-corrected chi connectivity index (χ2v) is 5.61. The molecule has 1 aliphatic carbocycles. The van der Waals surface area contributed by atoms with Crippen LogP contribution in [0.2, 0.25) is 0 Å². The summed E-state index contributed by atoms with van der Waals surface area (Å²) >= 11 is 0. The molecule has 21 heavy (non-hydrogen) atoms. The van der Waals surface area contributed by atoms with Crippen molar-refractivity contribution >= 4 is 5.78 Å². The highest BCUT2D eigenvalue weighted by Crippen LogP contribution is 2.33. The van der Waals surface area contributed by atoms with E-state index in [1.165, 1.54) is 0 Å². The number of allylic oxidation sites excluding steroid dienone is 1. The van der Waals surface area contributed by atoms with Gasteiger partial charge in [-0.1, -0.05) is 30.3 Å². The predicted molar refractivity (Wildman–Crippen MR) is 83.1 cm³/mol. The topological polar surface area (TPSA) is 38.1 Å². The summed E-state index contributed by atoms with van der Waals surface area (Å²) in [5, 5.41) is 4.55. The minimum absolute atomic E-state index is 0.108. The molecule has 0 saturated heterocycles. The Kier molecular flexibility index (Phi) is 3.37. The van der Waals surface area contributed by atoms with Crippen LogP contribution in [0.5, 0.6) is 0 Å². The van der Waals surface area contributed by atoms with Crippen molar-refractivity contribution in [2.75, 3.05) is 14.1 Å². The van der Waals surface area contributed by atoms with Crippen molar-refractivity contribution in [3.63, 3.8) is 0 Å². The van der Waals surface area contributed by atoms with Crippen molar-refractivity contribution in [1.82, 2.24) is 14.7 Å². The Morgan fingerprint density at radius 1 is 1.19 bits per heavy atom. The molecule has 0 fully saturated rings. The molecule has 2 aromatic rings. The molecular formula is C17H19N3O.